The fraction of sp³-hybridized carbons (Fsp3) is 0.929. The number of carbonyl (C=O) groups is 1. The molecular weight excluding hydrogens is 212 g/mol. The number of nitrogens with two attached hydrogens (primary N) is 1. The Bertz CT molecular complexity index is 257. The van der Waals surface area contributed by atoms with Crippen LogP contribution in [0.25, 0.3) is 0 Å². The molecule has 0 aliphatic carbocycles. The second-order valence-electron chi connectivity index (χ2n) is 6.57. The van der Waals surface area contributed by atoms with Gasteiger partial charge in [-0.25, -0.2) is 0 Å². The molecule has 2 N–H and O–H groups in total. The molecule has 2 atom stereocenters. The molecule has 17 heavy (non-hydrogen) atoms. The second kappa shape index (κ2) is 5.85. The molecule has 1 aliphatic heterocycles. The Morgan fingerprint density at radius 2 is 2.06 bits per heavy atom. The van der Waals surface area contributed by atoms with Crippen LogP contribution in [-0.2, 0) is 4.79 Å². The van der Waals surface area contributed by atoms with E-state index in [0.29, 0.717) is 36.1 Å². The zero-order valence-corrected chi connectivity index (χ0v) is 11.8. The van der Waals surface area contributed by atoms with Gasteiger partial charge in [-0.15, -0.1) is 0 Å². The zero-order valence-electron chi connectivity index (χ0n) is 11.8. The highest BCUT2D eigenvalue weighted by Gasteiger charge is 2.30. The summed E-state index contributed by atoms with van der Waals surface area (Å²) in [5.41, 5.74) is 5.95. The van der Waals surface area contributed by atoms with Crippen molar-refractivity contribution in [2.45, 2.75) is 47.0 Å². The molecule has 0 spiro atoms. The third-order valence-corrected chi connectivity index (χ3v) is 3.97. The molecule has 1 heterocycles. The molecule has 0 aromatic rings. The number of rotatable bonds is 3. The van der Waals surface area contributed by atoms with E-state index in [1.165, 1.54) is 0 Å². The summed E-state index contributed by atoms with van der Waals surface area (Å²) in [5.74, 6) is 1.38. The van der Waals surface area contributed by atoms with Crippen molar-refractivity contribution in [2.75, 3.05) is 19.6 Å². The van der Waals surface area contributed by atoms with Gasteiger partial charge in [-0.3, -0.25) is 4.79 Å². The van der Waals surface area contributed by atoms with Crippen LogP contribution in [0.5, 0.6) is 0 Å². The van der Waals surface area contributed by atoms with Gasteiger partial charge in [0.05, 0.1) is 0 Å². The summed E-state index contributed by atoms with van der Waals surface area (Å²) in [6.07, 6.45) is 2.88. The quantitative estimate of drug-likeness (QED) is 0.822. The van der Waals surface area contributed by atoms with Crippen molar-refractivity contribution in [3.63, 3.8) is 0 Å². The Kier molecular flexibility index (Phi) is 4.99. The molecule has 0 aromatic carbocycles. The highest BCUT2D eigenvalue weighted by molar-refractivity contribution is 5.76. The van der Waals surface area contributed by atoms with Gasteiger partial charge in [0.25, 0.3) is 0 Å². The minimum absolute atomic E-state index is 0.315. The number of hydrogen-bond donors (Lipinski definition) is 1. The molecule has 1 fully saturated rings. The van der Waals surface area contributed by atoms with Gasteiger partial charge >= 0.3 is 0 Å². The summed E-state index contributed by atoms with van der Waals surface area (Å²) >= 11 is 0. The summed E-state index contributed by atoms with van der Waals surface area (Å²) < 4.78 is 0. The summed E-state index contributed by atoms with van der Waals surface area (Å²) in [6.45, 7) is 11.3. The maximum absolute atomic E-state index is 12.0. The van der Waals surface area contributed by atoms with Gasteiger partial charge in [0.2, 0.25) is 5.91 Å². The van der Waals surface area contributed by atoms with Crippen molar-refractivity contribution in [3.8, 4) is 0 Å². The van der Waals surface area contributed by atoms with Crippen LogP contribution in [0.3, 0.4) is 0 Å². The van der Waals surface area contributed by atoms with Crippen molar-refractivity contribution in [1.82, 2.24) is 4.90 Å². The molecule has 0 saturated carbocycles. The lowest BCUT2D eigenvalue weighted by Crippen LogP contribution is -2.36. The largest absolute Gasteiger partial charge is 0.342 e. The number of hydrogen-bond acceptors (Lipinski definition) is 2. The summed E-state index contributed by atoms with van der Waals surface area (Å²) in [7, 11) is 0. The zero-order chi connectivity index (χ0) is 13.1. The lowest BCUT2D eigenvalue weighted by molar-refractivity contribution is -0.131. The molecule has 0 radical (unpaired) electrons. The van der Waals surface area contributed by atoms with E-state index in [9.17, 15) is 4.79 Å². The van der Waals surface area contributed by atoms with Crippen LogP contribution >= 0.6 is 0 Å². The first-order valence-corrected chi connectivity index (χ1v) is 6.82. The lowest BCUT2D eigenvalue weighted by Gasteiger charge is -2.30. The normalized spacial score (nSPS) is 24.6. The van der Waals surface area contributed by atoms with E-state index < -0.39 is 0 Å². The molecule has 1 aliphatic rings. The maximum atomic E-state index is 12.0. The Hall–Kier alpha value is -0.570. The molecule has 1 saturated heterocycles. The van der Waals surface area contributed by atoms with Crippen molar-refractivity contribution in [2.24, 2.45) is 23.0 Å². The van der Waals surface area contributed by atoms with E-state index in [0.717, 1.165) is 25.9 Å². The van der Waals surface area contributed by atoms with Crippen LogP contribution in [-0.4, -0.2) is 30.4 Å². The molecule has 1 amide bonds. The lowest BCUT2D eigenvalue weighted by atomic mass is 9.77. The summed E-state index contributed by atoms with van der Waals surface area (Å²) in [6, 6.07) is 0. The number of amides is 1. The van der Waals surface area contributed by atoms with E-state index in [2.05, 4.69) is 27.7 Å². The minimum atomic E-state index is 0.315. The van der Waals surface area contributed by atoms with E-state index in [4.69, 9.17) is 5.73 Å². The topological polar surface area (TPSA) is 46.3 Å². The van der Waals surface area contributed by atoms with Crippen LogP contribution < -0.4 is 5.73 Å². The first-order chi connectivity index (χ1) is 7.84. The summed E-state index contributed by atoms with van der Waals surface area (Å²) in [4.78, 5) is 14.0. The summed E-state index contributed by atoms with van der Waals surface area (Å²) in [5, 5.41) is 0. The van der Waals surface area contributed by atoms with Gasteiger partial charge in [0, 0.05) is 19.5 Å². The van der Waals surface area contributed by atoms with Gasteiger partial charge in [-0.2, -0.15) is 0 Å². The molecule has 0 bridgehead atoms. The molecule has 2 unspecified atom stereocenters. The Labute approximate surface area is 106 Å². The highest BCUT2D eigenvalue weighted by Crippen LogP contribution is 2.34. The van der Waals surface area contributed by atoms with Crippen LogP contribution in [0.2, 0.25) is 0 Å². The van der Waals surface area contributed by atoms with E-state index in [1.54, 1.807) is 0 Å². The van der Waals surface area contributed by atoms with Crippen molar-refractivity contribution in [3.05, 3.63) is 0 Å². The van der Waals surface area contributed by atoms with Crippen LogP contribution in [0, 0.1) is 17.3 Å². The minimum Gasteiger partial charge on any atom is -0.342 e. The van der Waals surface area contributed by atoms with Crippen LogP contribution in [0.1, 0.15) is 47.0 Å². The number of likely N-dealkylation sites (tertiary alicyclic amines) is 1. The molecule has 1 rings (SSSR count). The Morgan fingerprint density at radius 1 is 1.41 bits per heavy atom. The fourth-order valence-electron chi connectivity index (χ4n) is 2.55. The van der Waals surface area contributed by atoms with Crippen molar-refractivity contribution in [1.29, 1.82) is 0 Å². The SMILES string of the molecule is CC(CN)CN1CCC(C(C)(C)C)CCC1=O. The predicted molar refractivity (Wildman–Crippen MR) is 71.6 cm³/mol. The maximum Gasteiger partial charge on any atom is 0.222 e. The predicted octanol–water partition coefficient (Wildman–Crippen LogP) is 2.26. The molecule has 0 aromatic heterocycles. The molecular formula is C14H28N2O. The standard InChI is InChI=1S/C14H28N2O/c1-11(9-15)10-16-8-7-12(14(2,3)4)5-6-13(16)17/h11-12H,5-10,15H2,1-4H3. The van der Waals surface area contributed by atoms with E-state index >= 15 is 0 Å². The Balaban J connectivity index is 2.58. The van der Waals surface area contributed by atoms with Gasteiger partial charge in [-0.1, -0.05) is 27.7 Å². The van der Waals surface area contributed by atoms with E-state index in [-0.39, 0.29) is 0 Å². The molecule has 3 nitrogen and oxygen atoms in total. The van der Waals surface area contributed by atoms with Crippen LogP contribution in [0.4, 0.5) is 0 Å². The van der Waals surface area contributed by atoms with Crippen molar-refractivity contribution < 1.29 is 4.79 Å². The number of nitrogens with zero attached hydrogens (tertiary/aromatic N) is 1. The van der Waals surface area contributed by atoms with Crippen LogP contribution in [0.15, 0.2) is 0 Å². The van der Waals surface area contributed by atoms with Gasteiger partial charge < -0.3 is 10.6 Å². The highest BCUT2D eigenvalue weighted by atomic mass is 16.2. The monoisotopic (exact) mass is 240 g/mol. The average molecular weight is 240 g/mol. The smallest absolute Gasteiger partial charge is 0.222 e. The first kappa shape index (κ1) is 14.5. The molecule has 3 heteroatoms. The Morgan fingerprint density at radius 3 is 2.59 bits per heavy atom. The third-order valence-electron chi connectivity index (χ3n) is 3.97. The average Bonchev–Trinajstić information content (AvgIpc) is 2.41. The van der Waals surface area contributed by atoms with Gasteiger partial charge in [-0.05, 0) is 36.6 Å². The van der Waals surface area contributed by atoms with Gasteiger partial charge in [0.15, 0.2) is 0 Å². The van der Waals surface area contributed by atoms with E-state index in [1.807, 2.05) is 4.90 Å². The van der Waals surface area contributed by atoms with Gasteiger partial charge in [0.1, 0.15) is 0 Å². The third kappa shape index (κ3) is 4.30. The fourth-order valence-corrected chi connectivity index (χ4v) is 2.55. The second-order valence-corrected chi connectivity index (χ2v) is 6.57. The molecule has 100 valence electrons. The van der Waals surface area contributed by atoms with Crippen molar-refractivity contribution >= 4 is 5.91 Å². The first-order valence-electron chi connectivity index (χ1n) is 6.82. The number of carbonyl (C=O) groups excluding carboxylic acids is 1.